The number of ether oxygens (including phenoxy) is 2. The van der Waals surface area contributed by atoms with Crippen LogP contribution in [0.25, 0.3) is 0 Å². The van der Waals surface area contributed by atoms with Crippen molar-refractivity contribution in [2.24, 2.45) is 5.16 Å². The molecule has 7 heteroatoms. The van der Waals surface area contributed by atoms with E-state index >= 15 is 0 Å². The lowest BCUT2D eigenvalue weighted by molar-refractivity contribution is -0.120. The Bertz CT molecular complexity index is 734. The van der Waals surface area contributed by atoms with Crippen LogP contribution in [0.5, 0.6) is 11.5 Å². The fourth-order valence-electron chi connectivity index (χ4n) is 1.88. The van der Waals surface area contributed by atoms with E-state index in [1.807, 2.05) is 0 Å². The first-order valence-electron chi connectivity index (χ1n) is 7.05. The first-order chi connectivity index (χ1) is 11.6. The third kappa shape index (κ3) is 4.89. The number of halogens is 1. The van der Waals surface area contributed by atoms with Crippen molar-refractivity contribution in [3.63, 3.8) is 0 Å². The Kier molecular flexibility index (Phi) is 6.45. The Labute approximate surface area is 145 Å². The second kappa shape index (κ2) is 8.79. The van der Waals surface area contributed by atoms with Gasteiger partial charge in [0.05, 0.1) is 31.1 Å². The van der Waals surface area contributed by atoms with Crippen molar-refractivity contribution >= 4 is 29.4 Å². The summed E-state index contributed by atoms with van der Waals surface area (Å²) in [5.74, 6) is 0.847. The smallest absolute Gasteiger partial charge is 0.265 e. The van der Waals surface area contributed by atoms with Gasteiger partial charge in [-0.2, -0.15) is 0 Å². The van der Waals surface area contributed by atoms with Gasteiger partial charge >= 0.3 is 0 Å². The SMILES string of the molecule is COc1ccc(/C=N/OCC(=O)Nc2ccccc2Cl)cc1OC. The molecule has 0 heterocycles. The lowest BCUT2D eigenvalue weighted by Crippen LogP contribution is -2.17. The number of carbonyl (C=O) groups excluding carboxylic acids is 1. The maximum absolute atomic E-state index is 11.8. The van der Waals surface area contributed by atoms with Gasteiger partial charge in [0.15, 0.2) is 18.1 Å². The molecule has 0 spiro atoms. The Morgan fingerprint density at radius 3 is 2.62 bits per heavy atom. The van der Waals surface area contributed by atoms with E-state index in [0.717, 1.165) is 5.56 Å². The Hall–Kier alpha value is -2.73. The van der Waals surface area contributed by atoms with Crippen LogP contribution >= 0.6 is 11.6 Å². The molecule has 0 aliphatic carbocycles. The van der Waals surface area contributed by atoms with Crippen molar-refractivity contribution in [1.82, 2.24) is 0 Å². The topological polar surface area (TPSA) is 69.2 Å². The van der Waals surface area contributed by atoms with E-state index in [-0.39, 0.29) is 12.5 Å². The van der Waals surface area contributed by atoms with Gasteiger partial charge in [0.25, 0.3) is 5.91 Å². The molecule has 1 N–H and O–H groups in total. The van der Waals surface area contributed by atoms with Crippen LogP contribution in [0.3, 0.4) is 0 Å². The summed E-state index contributed by atoms with van der Waals surface area (Å²) in [6.45, 7) is -0.227. The van der Waals surface area contributed by atoms with Gasteiger partial charge in [0, 0.05) is 5.56 Å². The zero-order valence-corrected chi connectivity index (χ0v) is 14.0. The first kappa shape index (κ1) is 17.6. The van der Waals surface area contributed by atoms with Crippen molar-refractivity contribution < 1.29 is 19.1 Å². The minimum Gasteiger partial charge on any atom is -0.493 e. The molecular weight excluding hydrogens is 332 g/mol. The fraction of sp³-hybridized carbons (Fsp3) is 0.176. The van der Waals surface area contributed by atoms with Gasteiger partial charge in [-0.05, 0) is 30.3 Å². The Morgan fingerprint density at radius 1 is 1.17 bits per heavy atom. The molecule has 1 amide bonds. The van der Waals surface area contributed by atoms with E-state index in [9.17, 15) is 4.79 Å². The molecule has 0 aromatic heterocycles. The van der Waals surface area contributed by atoms with Crippen LogP contribution in [0.15, 0.2) is 47.6 Å². The van der Waals surface area contributed by atoms with Gasteiger partial charge in [-0.1, -0.05) is 28.9 Å². The number of amides is 1. The molecule has 0 fully saturated rings. The van der Waals surface area contributed by atoms with Gasteiger partial charge in [-0.15, -0.1) is 0 Å². The quantitative estimate of drug-likeness (QED) is 0.615. The summed E-state index contributed by atoms with van der Waals surface area (Å²) in [5.41, 5.74) is 1.27. The molecular formula is C17H17ClN2O4. The number of hydrogen-bond donors (Lipinski definition) is 1. The van der Waals surface area contributed by atoms with Gasteiger partial charge in [-0.25, -0.2) is 0 Å². The van der Waals surface area contributed by atoms with E-state index in [0.29, 0.717) is 22.2 Å². The molecule has 24 heavy (non-hydrogen) atoms. The number of nitrogens with one attached hydrogen (secondary N) is 1. The number of methoxy groups -OCH3 is 2. The van der Waals surface area contributed by atoms with Crippen LogP contribution < -0.4 is 14.8 Å². The molecule has 0 bridgehead atoms. The van der Waals surface area contributed by atoms with Crippen molar-refractivity contribution in [3.8, 4) is 11.5 Å². The number of oxime groups is 1. The van der Waals surface area contributed by atoms with Crippen LogP contribution in [-0.4, -0.2) is 32.9 Å². The zero-order chi connectivity index (χ0) is 17.4. The maximum Gasteiger partial charge on any atom is 0.265 e. The summed E-state index contributed by atoms with van der Waals surface area (Å²) in [4.78, 5) is 16.7. The lowest BCUT2D eigenvalue weighted by Gasteiger charge is -2.07. The average molecular weight is 349 g/mol. The molecule has 0 radical (unpaired) electrons. The highest BCUT2D eigenvalue weighted by Crippen LogP contribution is 2.26. The molecule has 2 aromatic carbocycles. The van der Waals surface area contributed by atoms with E-state index in [1.54, 1.807) is 56.7 Å². The van der Waals surface area contributed by atoms with Gasteiger partial charge in [0.2, 0.25) is 0 Å². The Balaban J connectivity index is 1.86. The first-order valence-corrected chi connectivity index (χ1v) is 7.43. The molecule has 6 nitrogen and oxygen atoms in total. The van der Waals surface area contributed by atoms with E-state index in [4.69, 9.17) is 25.9 Å². The van der Waals surface area contributed by atoms with Gasteiger partial charge in [0.1, 0.15) is 0 Å². The molecule has 0 unspecified atom stereocenters. The summed E-state index contributed by atoms with van der Waals surface area (Å²) < 4.78 is 10.3. The number of carbonyl (C=O) groups is 1. The maximum atomic E-state index is 11.8. The monoisotopic (exact) mass is 348 g/mol. The lowest BCUT2D eigenvalue weighted by atomic mass is 10.2. The van der Waals surface area contributed by atoms with Crippen LogP contribution in [0.2, 0.25) is 5.02 Å². The number of hydrogen-bond acceptors (Lipinski definition) is 5. The van der Waals surface area contributed by atoms with Crippen molar-refractivity contribution in [2.75, 3.05) is 26.1 Å². The van der Waals surface area contributed by atoms with Crippen LogP contribution in [0, 0.1) is 0 Å². The number of para-hydroxylation sites is 1. The number of nitrogens with zero attached hydrogens (tertiary/aromatic N) is 1. The normalized spacial score (nSPS) is 10.5. The number of anilines is 1. The van der Waals surface area contributed by atoms with E-state index in [2.05, 4.69) is 10.5 Å². The molecule has 0 aliphatic heterocycles. The highest BCUT2D eigenvalue weighted by Gasteiger charge is 2.06. The predicted octanol–water partition coefficient (Wildman–Crippen LogP) is 3.35. The summed E-state index contributed by atoms with van der Waals surface area (Å²) >= 11 is 5.96. The summed E-state index contributed by atoms with van der Waals surface area (Å²) in [7, 11) is 3.11. The molecule has 0 aliphatic rings. The standard InChI is InChI=1S/C17H17ClN2O4/c1-22-15-8-7-12(9-16(15)23-2)10-19-24-11-17(21)20-14-6-4-3-5-13(14)18/h3-10H,11H2,1-2H3,(H,20,21)/b19-10+. The van der Waals surface area contributed by atoms with Crippen molar-refractivity contribution in [2.45, 2.75) is 0 Å². The summed E-state index contributed by atoms with van der Waals surface area (Å²) in [6, 6.07) is 12.2. The van der Waals surface area contributed by atoms with Gasteiger partial charge in [-0.3, -0.25) is 4.79 Å². The molecule has 2 aromatic rings. The second-order valence-corrected chi connectivity index (χ2v) is 5.06. The highest BCUT2D eigenvalue weighted by molar-refractivity contribution is 6.33. The van der Waals surface area contributed by atoms with Gasteiger partial charge < -0.3 is 19.6 Å². The van der Waals surface area contributed by atoms with Crippen LogP contribution in [0.4, 0.5) is 5.69 Å². The third-order valence-electron chi connectivity index (χ3n) is 3.03. The number of rotatable bonds is 7. The third-order valence-corrected chi connectivity index (χ3v) is 3.36. The minimum absolute atomic E-state index is 0.227. The second-order valence-electron chi connectivity index (χ2n) is 4.65. The minimum atomic E-state index is -0.354. The van der Waals surface area contributed by atoms with E-state index < -0.39 is 0 Å². The molecule has 0 atom stereocenters. The summed E-state index contributed by atoms with van der Waals surface area (Å²) in [6.07, 6.45) is 1.48. The molecule has 2 rings (SSSR count). The Morgan fingerprint density at radius 2 is 1.92 bits per heavy atom. The van der Waals surface area contributed by atoms with Crippen molar-refractivity contribution in [3.05, 3.63) is 53.1 Å². The summed E-state index contributed by atoms with van der Waals surface area (Å²) in [5, 5.41) is 6.86. The average Bonchev–Trinajstić information content (AvgIpc) is 2.60. The zero-order valence-electron chi connectivity index (χ0n) is 13.3. The molecule has 0 saturated carbocycles. The number of benzene rings is 2. The molecule has 0 saturated heterocycles. The van der Waals surface area contributed by atoms with Crippen LogP contribution in [0.1, 0.15) is 5.56 Å². The van der Waals surface area contributed by atoms with E-state index in [1.165, 1.54) is 6.21 Å². The molecule has 126 valence electrons. The fourth-order valence-corrected chi connectivity index (χ4v) is 2.06. The predicted molar refractivity (Wildman–Crippen MR) is 93.2 cm³/mol. The highest BCUT2D eigenvalue weighted by atomic mass is 35.5. The van der Waals surface area contributed by atoms with Crippen molar-refractivity contribution in [1.29, 1.82) is 0 Å². The largest absolute Gasteiger partial charge is 0.493 e. The van der Waals surface area contributed by atoms with Crippen LogP contribution in [-0.2, 0) is 9.63 Å².